The molecule has 2 aliphatic rings. The third-order valence-electron chi connectivity index (χ3n) is 4.45. The highest BCUT2D eigenvalue weighted by molar-refractivity contribution is 5.88. The van der Waals surface area contributed by atoms with E-state index in [1.165, 1.54) is 0 Å². The van der Waals surface area contributed by atoms with Crippen LogP contribution in [0.3, 0.4) is 0 Å². The first-order chi connectivity index (χ1) is 12.1. The molecular weight excluding hydrogens is 310 g/mol. The molecular formula is C22H17NO2. The van der Waals surface area contributed by atoms with Crippen molar-refractivity contribution in [2.75, 3.05) is 0 Å². The van der Waals surface area contributed by atoms with Gasteiger partial charge in [0.05, 0.1) is 5.56 Å². The molecule has 3 rings (SSSR count). The summed E-state index contributed by atoms with van der Waals surface area (Å²) in [6.45, 7) is 0. The van der Waals surface area contributed by atoms with Gasteiger partial charge >= 0.3 is 5.97 Å². The van der Waals surface area contributed by atoms with Crippen molar-refractivity contribution in [3.63, 3.8) is 0 Å². The molecule has 0 spiro atoms. The minimum absolute atomic E-state index is 0.250. The number of benzene rings is 1. The molecule has 0 radical (unpaired) electrons. The molecule has 1 unspecified atom stereocenters. The van der Waals surface area contributed by atoms with Crippen molar-refractivity contribution in [2.24, 2.45) is 11.7 Å². The second kappa shape index (κ2) is 6.99. The molecule has 1 aromatic carbocycles. The highest BCUT2D eigenvalue weighted by Gasteiger charge is 2.21. The van der Waals surface area contributed by atoms with Gasteiger partial charge < -0.3 is 10.8 Å². The van der Waals surface area contributed by atoms with Crippen molar-refractivity contribution >= 4 is 11.5 Å². The lowest BCUT2D eigenvalue weighted by atomic mass is 9.86. The van der Waals surface area contributed by atoms with Crippen LogP contribution >= 0.6 is 0 Å². The van der Waals surface area contributed by atoms with E-state index >= 15 is 0 Å². The number of carboxylic acid groups (broad SMARTS) is 1. The highest BCUT2D eigenvalue weighted by Crippen LogP contribution is 2.36. The Labute approximate surface area is 147 Å². The molecule has 0 aliphatic heterocycles. The zero-order chi connectivity index (χ0) is 17.8. The van der Waals surface area contributed by atoms with Gasteiger partial charge in [0.1, 0.15) is 0 Å². The second-order valence-corrected chi connectivity index (χ2v) is 5.94. The predicted molar refractivity (Wildman–Crippen MR) is 99.1 cm³/mol. The molecule has 25 heavy (non-hydrogen) atoms. The van der Waals surface area contributed by atoms with Gasteiger partial charge in [0.15, 0.2) is 0 Å². The van der Waals surface area contributed by atoms with Gasteiger partial charge in [-0.3, -0.25) is 0 Å². The average Bonchev–Trinajstić information content (AvgIpc) is 2.81. The minimum atomic E-state index is -0.929. The molecule has 1 atom stereocenters. The minimum Gasteiger partial charge on any atom is -0.478 e. The number of terminal acetylenes is 1. The summed E-state index contributed by atoms with van der Waals surface area (Å²) in [4.78, 5) is 11.0. The summed E-state index contributed by atoms with van der Waals surface area (Å²) in [5.74, 6) is 4.97. The van der Waals surface area contributed by atoms with Crippen LogP contribution in [0.5, 0.6) is 0 Å². The van der Waals surface area contributed by atoms with Crippen molar-refractivity contribution in [3.05, 3.63) is 76.4 Å². The van der Waals surface area contributed by atoms with E-state index in [0.717, 1.165) is 40.7 Å². The third-order valence-corrected chi connectivity index (χ3v) is 4.45. The Morgan fingerprint density at radius 3 is 2.64 bits per heavy atom. The standard InChI is InChI=1S/C22H17NO2/c1-2-15-3-4-17-7-10-19(14-20(11-12-23)21(17)13-15)16-5-8-18(9-6-16)22(24)25/h1,3-6,8-9,13-14,17H,7,10,23H2,(H,24,25). The van der Waals surface area contributed by atoms with Gasteiger partial charge in [0.2, 0.25) is 0 Å². The molecule has 3 N–H and O–H groups in total. The predicted octanol–water partition coefficient (Wildman–Crippen LogP) is 3.52. The molecule has 3 heteroatoms. The quantitative estimate of drug-likeness (QED) is 0.645. The smallest absolute Gasteiger partial charge is 0.335 e. The molecule has 3 nitrogen and oxygen atoms in total. The maximum Gasteiger partial charge on any atom is 0.335 e. The van der Waals surface area contributed by atoms with Gasteiger partial charge in [-0.2, -0.15) is 0 Å². The zero-order valence-corrected chi connectivity index (χ0v) is 13.6. The number of allylic oxidation sites excluding steroid dienone is 8. The lowest BCUT2D eigenvalue weighted by molar-refractivity contribution is 0.0697. The molecule has 0 amide bonds. The van der Waals surface area contributed by atoms with Crippen molar-refractivity contribution in [1.82, 2.24) is 0 Å². The van der Waals surface area contributed by atoms with E-state index in [0.29, 0.717) is 0 Å². The van der Waals surface area contributed by atoms with Crippen LogP contribution in [0.1, 0.15) is 28.8 Å². The Balaban J connectivity index is 2.05. The molecule has 1 aromatic rings. The number of hydrogen-bond acceptors (Lipinski definition) is 2. The van der Waals surface area contributed by atoms with Crippen LogP contribution in [0.15, 0.2) is 65.3 Å². The number of hydrogen-bond donors (Lipinski definition) is 2. The summed E-state index contributed by atoms with van der Waals surface area (Å²) in [6.07, 6.45) is 15.4. The molecule has 122 valence electrons. The fourth-order valence-corrected chi connectivity index (χ4v) is 3.15. The van der Waals surface area contributed by atoms with Gasteiger partial charge in [-0.25, -0.2) is 4.79 Å². The zero-order valence-electron chi connectivity index (χ0n) is 13.6. The van der Waals surface area contributed by atoms with E-state index in [9.17, 15) is 4.79 Å². The summed E-state index contributed by atoms with van der Waals surface area (Å²) in [5.41, 5.74) is 10.6. The first kappa shape index (κ1) is 16.4. The number of fused-ring (bicyclic) bond motifs is 1. The van der Waals surface area contributed by atoms with Crippen LogP contribution in [-0.4, -0.2) is 11.1 Å². The van der Waals surface area contributed by atoms with Crippen LogP contribution < -0.4 is 5.73 Å². The third kappa shape index (κ3) is 3.42. The monoisotopic (exact) mass is 327 g/mol. The van der Waals surface area contributed by atoms with E-state index < -0.39 is 5.97 Å². The maximum absolute atomic E-state index is 11.0. The van der Waals surface area contributed by atoms with Crippen molar-refractivity contribution in [3.8, 4) is 24.3 Å². The van der Waals surface area contributed by atoms with Crippen molar-refractivity contribution in [2.45, 2.75) is 12.8 Å². The van der Waals surface area contributed by atoms with Crippen molar-refractivity contribution < 1.29 is 9.90 Å². The number of aromatic carboxylic acids is 1. The fraction of sp³-hybridized carbons (Fsp3) is 0.136. The molecule has 0 saturated heterocycles. The topological polar surface area (TPSA) is 63.3 Å². The van der Waals surface area contributed by atoms with E-state index in [2.05, 4.69) is 24.0 Å². The number of carboxylic acids is 1. The number of carbonyl (C=O) groups is 1. The summed E-state index contributed by atoms with van der Waals surface area (Å²) < 4.78 is 0. The lowest BCUT2D eigenvalue weighted by Gasteiger charge is -2.17. The Hall–Kier alpha value is -3.43. The Bertz CT molecular complexity index is 938. The van der Waals surface area contributed by atoms with Gasteiger partial charge in [-0.15, -0.1) is 6.42 Å². The van der Waals surface area contributed by atoms with Gasteiger partial charge in [0, 0.05) is 23.1 Å². The van der Waals surface area contributed by atoms with E-state index in [1.54, 1.807) is 12.1 Å². The fourth-order valence-electron chi connectivity index (χ4n) is 3.15. The Kier molecular flexibility index (Phi) is 4.59. The number of rotatable bonds is 2. The first-order valence-corrected chi connectivity index (χ1v) is 7.99. The van der Waals surface area contributed by atoms with Gasteiger partial charge in [0.25, 0.3) is 0 Å². The van der Waals surface area contributed by atoms with Crippen LogP contribution in [-0.2, 0) is 0 Å². The SMILES string of the molecule is C#CC1=CC2=C(C#CN)C=C(c3ccc(C(=O)O)cc3)CCC2C=C1. The number of nitrogens with two attached hydrogens (primary N) is 1. The van der Waals surface area contributed by atoms with Crippen LogP contribution in [0, 0.1) is 30.2 Å². The molecule has 2 aliphatic carbocycles. The normalized spacial score (nSPS) is 18.8. The summed E-state index contributed by atoms with van der Waals surface area (Å²) in [7, 11) is 0. The summed E-state index contributed by atoms with van der Waals surface area (Å²) in [5, 5.41) is 9.05. The Morgan fingerprint density at radius 2 is 2.00 bits per heavy atom. The van der Waals surface area contributed by atoms with Crippen LogP contribution in [0.4, 0.5) is 0 Å². The van der Waals surface area contributed by atoms with Crippen molar-refractivity contribution in [1.29, 1.82) is 0 Å². The summed E-state index contributed by atoms with van der Waals surface area (Å²) >= 11 is 0. The molecule has 0 fully saturated rings. The largest absolute Gasteiger partial charge is 0.478 e. The summed E-state index contributed by atoms with van der Waals surface area (Å²) in [6, 6.07) is 9.40. The molecule has 0 aromatic heterocycles. The Morgan fingerprint density at radius 1 is 1.24 bits per heavy atom. The van der Waals surface area contributed by atoms with Gasteiger partial charge in [-0.1, -0.05) is 24.1 Å². The van der Waals surface area contributed by atoms with Gasteiger partial charge in [-0.05, 0) is 65.8 Å². The molecule has 0 heterocycles. The lowest BCUT2D eigenvalue weighted by Crippen LogP contribution is -2.05. The highest BCUT2D eigenvalue weighted by atomic mass is 16.4. The van der Waals surface area contributed by atoms with E-state index in [-0.39, 0.29) is 11.5 Å². The van der Waals surface area contributed by atoms with E-state index in [1.807, 2.05) is 30.4 Å². The average molecular weight is 327 g/mol. The second-order valence-electron chi connectivity index (χ2n) is 5.94. The maximum atomic E-state index is 11.0. The van der Waals surface area contributed by atoms with E-state index in [4.69, 9.17) is 17.3 Å². The van der Waals surface area contributed by atoms with Crippen LogP contribution in [0.2, 0.25) is 0 Å². The van der Waals surface area contributed by atoms with Crippen LogP contribution in [0.25, 0.3) is 5.57 Å². The molecule has 0 saturated carbocycles. The molecule has 0 bridgehead atoms. The first-order valence-electron chi connectivity index (χ1n) is 7.99.